The van der Waals surface area contributed by atoms with Crippen LogP contribution in [0.4, 0.5) is 0 Å². The first-order chi connectivity index (χ1) is 10.4. The summed E-state index contributed by atoms with van der Waals surface area (Å²) in [6.45, 7) is 1.90. The Hall–Kier alpha value is -1.43. The fraction of sp³-hybridized carbons (Fsp3) is 0.286. The van der Waals surface area contributed by atoms with Gasteiger partial charge in [0.15, 0.2) is 0 Å². The average molecular weight is 364 g/mol. The van der Waals surface area contributed by atoms with Gasteiger partial charge in [0, 0.05) is 12.1 Å². The van der Waals surface area contributed by atoms with Gasteiger partial charge in [-0.2, -0.15) is 5.10 Å². The van der Waals surface area contributed by atoms with Crippen LogP contribution in [0.3, 0.4) is 0 Å². The van der Waals surface area contributed by atoms with Gasteiger partial charge in [0.1, 0.15) is 29.7 Å². The minimum absolute atomic E-state index is 0.0580. The first-order valence-corrected chi connectivity index (χ1v) is 7.47. The summed E-state index contributed by atoms with van der Waals surface area (Å²) in [6.07, 6.45) is 0. The van der Waals surface area contributed by atoms with Gasteiger partial charge in [-0.05, 0) is 25.1 Å². The molecule has 0 fully saturated rings. The second-order valence-corrected chi connectivity index (χ2v) is 5.64. The van der Waals surface area contributed by atoms with Gasteiger partial charge in [0.05, 0.1) is 10.7 Å². The summed E-state index contributed by atoms with van der Waals surface area (Å²) in [5.41, 5.74) is 0.771. The molecule has 1 aromatic heterocycles. The van der Waals surface area contributed by atoms with Gasteiger partial charge in [-0.3, -0.25) is 4.68 Å². The number of aromatic nitrogens is 2. The van der Waals surface area contributed by atoms with E-state index in [1.165, 1.54) is 4.68 Å². The molecule has 22 heavy (non-hydrogen) atoms. The molecule has 2 rings (SSSR count). The monoisotopic (exact) mass is 362 g/mol. The van der Waals surface area contributed by atoms with E-state index in [4.69, 9.17) is 44.3 Å². The number of hydrogen-bond acceptors (Lipinski definition) is 4. The zero-order valence-corrected chi connectivity index (χ0v) is 14.2. The topological polar surface area (TPSA) is 53.4 Å². The van der Waals surface area contributed by atoms with E-state index in [9.17, 15) is 4.79 Å². The van der Waals surface area contributed by atoms with Gasteiger partial charge in [-0.1, -0.05) is 34.8 Å². The molecule has 0 atom stereocenters. The highest BCUT2D eigenvalue weighted by Gasteiger charge is 2.20. The van der Waals surface area contributed by atoms with Crippen molar-refractivity contribution in [2.24, 2.45) is 7.05 Å². The third-order valence-electron chi connectivity index (χ3n) is 2.82. The smallest absolute Gasteiger partial charge is 0.343 e. The van der Waals surface area contributed by atoms with Gasteiger partial charge < -0.3 is 9.47 Å². The Morgan fingerprint density at radius 3 is 2.59 bits per heavy atom. The zero-order chi connectivity index (χ0) is 16.3. The molecule has 0 spiro atoms. The van der Waals surface area contributed by atoms with Crippen LogP contribution in [0, 0.1) is 6.92 Å². The maximum atomic E-state index is 12.0. The number of halogens is 3. The van der Waals surface area contributed by atoms with Crippen molar-refractivity contribution < 1.29 is 14.3 Å². The third kappa shape index (κ3) is 3.85. The Labute approximate surface area is 142 Å². The highest BCUT2D eigenvalue weighted by Crippen LogP contribution is 2.27. The van der Waals surface area contributed by atoms with Crippen LogP contribution < -0.4 is 4.74 Å². The van der Waals surface area contributed by atoms with Gasteiger partial charge >= 0.3 is 5.97 Å². The van der Waals surface area contributed by atoms with Crippen molar-refractivity contribution in [3.8, 4) is 5.75 Å². The van der Waals surface area contributed by atoms with Crippen molar-refractivity contribution >= 4 is 40.8 Å². The van der Waals surface area contributed by atoms with Crippen molar-refractivity contribution in [3.05, 3.63) is 44.7 Å². The molecule has 0 saturated heterocycles. The molecular weight excluding hydrogens is 351 g/mol. The first-order valence-electron chi connectivity index (χ1n) is 6.34. The predicted octanol–water partition coefficient (Wildman–Crippen LogP) is 3.92. The number of nitrogens with zero attached hydrogens (tertiary/aromatic N) is 2. The first kappa shape index (κ1) is 16.9. The molecule has 0 unspecified atom stereocenters. The van der Waals surface area contributed by atoms with E-state index in [0.29, 0.717) is 21.5 Å². The molecule has 0 amide bonds. The summed E-state index contributed by atoms with van der Waals surface area (Å²) >= 11 is 17.7. The maximum Gasteiger partial charge on any atom is 0.343 e. The normalized spacial score (nSPS) is 10.6. The van der Waals surface area contributed by atoms with Crippen LogP contribution in [0.1, 0.15) is 16.1 Å². The quantitative estimate of drug-likeness (QED) is 0.597. The number of rotatable bonds is 5. The van der Waals surface area contributed by atoms with Crippen molar-refractivity contribution in [2.45, 2.75) is 6.92 Å². The lowest BCUT2D eigenvalue weighted by molar-refractivity contribution is 0.0450. The van der Waals surface area contributed by atoms with Crippen LogP contribution in [0.2, 0.25) is 15.2 Å². The Balaban J connectivity index is 1.87. The predicted molar refractivity (Wildman–Crippen MR) is 85.2 cm³/mol. The van der Waals surface area contributed by atoms with Crippen molar-refractivity contribution in [1.82, 2.24) is 9.78 Å². The van der Waals surface area contributed by atoms with E-state index < -0.39 is 5.97 Å². The van der Waals surface area contributed by atoms with E-state index in [0.717, 1.165) is 0 Å². The summed E-state index contributed by atoms with van der Waals surface area (Å²) in [5.74, 6) is -0.0703. The summed E-state index contributed by atoms with van der Waals surface area (Å²) in [6, 6.07) is 4.88. The second kappa shape index (κ2) is 7.22. The van der Waals surface area contributed by atoms with Crippen LogP contribution in [0.25, 0.3) is 0 Å². The number of carbonyl (C=O) groups is 1. The molecule has 2 aromatic rings. The van der Waals surface area contributed by atoms with Crippen LogP contribution in [0.15, 0.2) is 18.2 Å². The van der Waals surface area contributed by atoms with Crippen molar-refractivity contribution in [3.63, 3.8) is 0 Å². The molecule has 1 aromatic carbocycles. The number of carbonyl (C=O) groups excluding carboxylic acids is 1. The highest BCUT2D eigenvalue weighted by molar-refractivity contribution is 6.35. The highest BCUT2D eigenvalue weighted by atomic mass is 35.5. The molecule has 0 radical (unpaired) electrons. The van der Waals surface area contributed by atoms with E-state index in [1.54, 1.807) is 32.2 Å². The van der Waals surface area contributed by atoms with Gasteiger partial charge in [-0.15, -0.1) is 0 Å². The Bertz CT molecular complexity index is 701. The van der Waals surface area contributed by atoms with Gasteiger partial charge in [0.2, 0.25) is 0 Å². The molecule has 118 valence electrons. The molecule has 0 aliphatic carbocycles. The Kier molecular flexibility index (Phi) is 5.56. The third-order valence-corrected chi connectivity index (χ3v) is 3.79. The number of esters is 1. The molecule has 8 heteroatoms. The molecule has 0 N–H and O–H groups in total. The largest absolute Gasteiger partial charge is 0.488 e. The van der Waals surface area contributed by atoms with Crippen molar-refractivity contribution in [1.29, 1.82) is 0 Å². The van der Waals surface area contributed by atoms with E-state index in [1.807, 2.05) is 0 Å². The zero-order valence-electron chi connectivity index (χ0n) is 11.9. The summed E-state index contributed by atoms with van der Waals surface area (Å²) in [7, 11) is 1.65. The standard InChI is InChI=1S/C14H13Cl3N2O3/c1-8-12(13(17)19(2)18-8)14(20)22-6-5-21-11-4-3-9(15)7-10(11)16/h3-4,7H,5-6H2,1-2H3. The fourth-order valence-corrected chi connectivity index (χ4v) is 2.53. The van der Waals surface area contributed by atoms with Gasteiger partial charge in [0.25, 0.3) is 0 Å². The second-order valence-electron chi connectivity index (χ2n) is 4.43. The lowest BCUT2D eigenvalue weighted by Gasteiger charge is -2.09. The molecule has 1 heterocycles. The summed E-state index contributed by atoms with van der Waals surface area (Å²) in [5, 5.41) is 5.20. The summed E-state index contributed by atoms with van der Waals surface area (Å²) < 4.78 is 12.0. The van der Waals surface area contributed by atoms with Crippen molar-refractivity contribution in [2.75, 3.05) is 13.2 Å². The summed E-state index contributed by atoms with van der Waals surface area (Å²) in [4.78, 5) is 12.0. The van der Waals surface area contributed by atoms with Crippen LogP contribution in [-0.2, 0) is 11.8 Å². The number of benzene rings is 1. The van der Waals surface area contributed by atoms with E-state index in [2.05, 4.69) is 5.10 Å². The molecular formula is C14H13Cl3N2O3. The fourth-order valence-electron chi connectivity index (χ4n) is 1.81. The molecule has 0 aliphatic heterocycles. The lowest BCUT2D eigenvalue weighted by atomic mass is 10.3. The Morgan fingerprint density at radius 2 is 2.00 bits per heavy atom. The van der Waals surface area contributed by atoms with Crippen LogP contribution in [-0.4, -0.2) is 29.0 Å². The van der Waals surface area contributed by atoms with E-state index in [-0.39, 0.29) is 23.9 Å². The number of aryl methyl sites for hydroxylation is 2. The van der Waals surface area contributed by atoms with Crippen LogP contribution in [0.5, 0.6) is 5.75 Å². The molecule has 0 bridgehead atoms. The number of hydrogen-bond donors (Lipinski definition) is 0. The van der Waals surface area contributed by atoms with Gasteiger partial charge in [-0.25, -0.2) is 4.79 Å². The minimum Gasteiger partial charge on any atom is -0.488 e. The molecule has 5 nitrogen and oxygen atoms in total. The van der Waals surface area contributed by atoms with E-state index >= 15 is 0 Å². The van der Waals surface area contributed by atoms with Crippen LogP contribution >= 0.6 is 34.8 Å². The molecule has 0 saturated carbocycles. The number of ether oxygens (including phenoxy) is 2. The SMILES string of the molecule is Cc1nn(C)c(Cl)c1C(=O)OCCOc1ccc(Cl)cc1Cl. The lowest BCUT2D eigenvalue weighted by Crippen LogP contribution is -2.13. The maximum absolute atomic E-state index is 12.0. The Morgan fingerprint density at radius 1 is 1.27 bits per heavy atom. The average Bonchev–Trinajstić information content (AvgIpc) is 2.70. The molecule has 0 aliphatic rings. The minimum atomic E-state index is -0.540.